The zero-order valence-electron chi connectivity index (χ0n) is 16.7. The van der Waals surface area contributed by atoms with Crippen LogP contribution in [-0.4, -0.2) is 22.6 Å². The van der Waals surface area contributed by atoms with Gasteiger partial charge in [-0.05, 0) is 23.3 Å². The predicted molar refractivity (Wildman–Crippen MR) is 126 cm³/mol. The second kappa shape index (κ2) is 7.84. The third-order valence-electron chi connectivity index (χ3n) is 5.24. The Labute approximate surface area is 177 Å². The third-order valence-corrected chi connectivity index (χ3v) is 5.24. The fourth-order valence-corrected chi connectivity index (χ4v) is 3.62. The van der Waals surface area contributed by atoms with Gasteiger partial charge in [0.1, 0.15) is 7.85 Å². The average molecular weight is 385 g/mol. The van der Waals surface area contributed by atoms with Crippen molar-refractivity contribution in [3.63, 3.8) is 0 Å². The number of hydrogen-bond acceptors (Lipinski definition) is 2. The summed E-state index contributed by atoms with van der Waals surface area (Å²) in [7, 11) is 2.09. The molecule has 5 aromatic rings. The SMILES string of the molecule is Bc1ccc(-c2nnc(-c3ccc(-c4ccccc4)cc3)n2-c2ccccc2)cc1. The van der Waals surface area contributed by atoms with Crippen molar-refractivity contribution < 1.29 is 0 Å². The van der Waals surface area contributed by atoms with Crippen LogP contribution in [0.4, 0.5) is 0 Å². The first-order valence-electron chi connectivity index (χ1n) is 10.0. The fourth-order valence-electron chi connectivity index (χ4n) is 3.62. The Kier molecular flexibility index (Phi) is 4.74. The molecule has 30 heavy (non-hydrogen) atoms. The summed E-state index contributed by atoms with van der Waals surface area (Å²) in [6.45, 7) is 0. The standard InChI is InChI=1S/C26H20BN3/c27-23-17-15-22(16-18-23)26-29-28-25(30(26)24-9-5-2-6-10-24)21-13-11-20(12-14-21)19-7-3-1-4-8-19/h1-18H,27H2. The maximum Gasteiger partial charge on any atom is 0.168 e. The average Bonchev–Trinajstić information content (AvgIpc) is 3.26. The van der Waals surface area contributed by atoms with Gasteiger partial charge in [-0.2, -0.15) is 0 Å². The monoisotopic (exact) mass is 385 g/mol. The lowest BCUT2D eigenvalue weighted by molar-refractivity contribution is 1.07. The summed E-state index contributed by atoms with van der Waals surface area (Å²) in [5.41, 5.74) is 6.73. The van der Waals surface area contributed by atoms with E-state index in [1.807, 2.05) is 24.3 Å². The molecular weight excluding hydrogens is 365 g/mol. The lowest BCUT2D eigenvalue weighted by Crippen LogP contribution is -2.03. The quantitative estimate of drug-likeness (QED) is 0.426. The molecule has 142 valence electrons. The molecule has 0 unspecified atom stereocenters. The molecule has 0 aliphatic carbocycles. The van der Waals surface area contributed by atoms with Crippen molar-refractivity contribution in [3.8, 4) is 39.6 Å². The minimum absolute atomic E-state index is 0.830. The molecule has 0 saturated heterocycles. The molecule has 0 aliphatic rings. The molecule has 0 aliphatic heterocycles. The van der Waals surface area contributed by atoms with E-state index in [-0.39, 0.29) is 0 Å². The Bertz CT molecular complexity index is 1260. The molecule has 0 N–H and O–H groups in total. The van der Waals surface area contributed by atoms with E-state index in [0.29, 0.717) is 0 Å². The Morgan fingerprint density at radius 1 is 0.467 bits per heavy atom. The summed E-state index contributed by atoms with van der Waals surface area (Å²) >= 11 is 0. The molecule has 3 nitrogen and oxygen atoms in total. The maximum absolute atomic E-state index is 4.58. The van der Waals surface area contributed by atoms with E-state index in [2.05, 4.69) is 108 Å². The van der Waals surface area contributed by atoms with Crippen LogP contribution >= 0.6 is 0 Å². The van der Waals surface area contributed by atoms with Gasteiger partial charge in [-0.25, -0.2) is 0 Å². The molecule has 0 saturated carbocycles. The third kappa shape index (κ3) is 3.44. The summed E-state index contributed by atoms with van der Waals surface area (Å²) in [6, 6.07) is 37.6. The maximum atomic E-state index is 4.58. The van der Waals surface area contributed by atoms with Crippen LogP contribution in [0.1, 0.15) is 0 Å². The van der Waals surface area contributed by atoms with E-state index < -0.39 is 0 Å². The van der Waals surface area contributed by atoms with Gasteiger partial charge in [0, 0.05) is 16.8 Å². The van der Waals surface area contributed by atoms with Crippen molar-refractivity contribution in [1.29, 1.82) is 0 Å². The Morgan fingerprint density at radius 2 is 0.900 bits per heavy atom. The molecule has 0 fully saturated rings. The van der Waals surface area contributed by atoms with Gasteiger partial charge < -0.3 is 0 Å². The van der Waals surface area contributed by atoms with Crippen molar-refractivity contribution in [2.45, 2.75) is 0 Å². The summed E-state index contributed by atoms with van der Waals surface area (Å²) in [4.78, 5) is 0. The van der Waals surface area contributed by atoms with Crippen molar-refractivity contribution in [1.82, 2.24) is 14.8 Å². The van der Waals surface area contributed by atoms with E-state index in [4.69, 9.17) is 0 Å². The van der Waals surface area contributed by atoms with Gasteiger partial charge >= 0.3 is 0 Å². The molecule has 5 rings (SSSR count). The van der Waals surface area contributed by atoms with Crippen LogP contribution in [0.3, 0.4) is 0 Å². The van der Waals surface area contributed by atoms with Gasteiger partial charge in [0.05, 0.1) is 0 Å². The Morgan fingerprint density at radius 3 is 1.47 bits per heavy atom. The molecular formula is C26H20BN3. The van der Waals surface area contributed by atoms with Gasteiger partial charge in [0.15, 0.2) is 11.6 Å². The van der Waals surface area contributed by atoms with Crippen LogP contribution in [0.5, 0.6) is 0 Å². The van der Waals surface area contributed by atoms with Gasteiger partial charge in [-0.15, -0.1) is 10.2 Å². The lowest BCUT2D eigenvalue weighted by Gasteiger charge is -2.11. The van der Waals surface area contributed by atoms with Crippen LogP contribution in [0.15, 0.2) is 109 Å². The van der Waals surface area contributed by atoms with E-state index in [9.17, 15) is 0 Å². The molecule has 1 heterocycles. The molecule has 4 heteroatoms. The zero-order valence-corrected chi connectivity index (χ0v) is 16.7. The first kappa shape index (κ1) is 18.1. The lowest BCUT2D eigenvalue weighted by atomic mass is 9.95. The summed E-state index contributed by atoms with van der Waals surface area (Å²) in [5, 5.41) is 9.14. The van der Waals surface area contributed by atoms with Crippen molar-refractivity contribution in [2.24, 2.45) is 0 Å². The van der Waals surface area contributed by atoms with Crippen LogP contribution in [-0.2, 0) is 0 Å². The second-order valence-electron chi connectivity index (χ2n) is 7.33. The highest BCUT2D eigenvalue weighted by Gasteiger charge is 2.17. The summed E-state index contributed by atoms with van der Waals surface area (Å²) in [6.07, 6.45) is 0. The highest BCUT2D eigenvalue weighted by Crippen LogP contribution is 2.29. The van der Waals surface area contributed by atoms with Gasteiger partial charge in [0.2, 0.25) is 0 Å². The number of aromatic nitrogens is 3. The summed E-state index contributed by atoms with van der Waals surface area (Å²) in [5.74, 6) is 1.67. The number of benzene rings is 4. The number of para-hydroxylation sites is 1. The number of hydrogen-bond donors (Lipinski definition) is 0. The van der Waals surface area contributed by atoms with Crippen molar-refractivity contribution in [3.05, 3.63) is 109 Å². The highest BCUT2D eigenvalue weighted by molar-refractivity contribution is 6.32. The fraction of sp³-hybridized carbons (Fsp3) is 0. The topological polar surface area (TPSA) is 30.7 Å². The number of nitrogens with zero attached hydrogens (tertiary/aromatic N) is 3. The van der Waals surface area contributed by atoms with Gasteiger partial charge in [0.25, 0.3) is 0 Å². The van der Waals surface area contributed by atoms with Crippen molar-refractivity contribution >= 4 is 13.3 Å². The van der Waals surface area contributed by atoms with E-state index in [1.54, 1.807) is 0 Å². The van der Waals surface area contributed by atoms with Gasteiger partial charge in [-0.3, -0.25) is 4.57 Å². The van der Waals surface area contributed by atoms with Gasteiger partial charge in [-0.1, -0.05) is 103 Å². The molecule has 1 aromatic heterocycles. The largest absolute Gasteiger partial charge is 0.275 e. The Hall–Kier alpha value is -3.92. The molecule has 0 amide bonds. The number of rotatable bonds is 4. The van der Waals surface area contributed by atoms with Crippen molar-refractivity contribution in [2.75, 3.05) is 0 Å². The molecule has 0 atom stereocenters. The Balaban J connectivity index is 1.63. The molecule has 0 radical (unpaired) electrons. The first-order chi connectivity index (χ1) is 14.8. The predicted octanol–water partition coefficient (Wildman–Crippen LogP) is 4.53. The van der Waals surface area contributed by atoms with E-state index in [0.717, 1.165) is 28.5 Å². The molecule has 4 aromatic carbocycles. The normalized spacial score (nSPS) is 10.8. The molecule has 0 spiro atoms. The smallest absolute Gasteiger partial charge is 0.168 e. The highest BCUT2D eigenvalue weighted by atomic mass is 15.3. The van der Waals surface area contributed by atoms with E-state index >= 15 is 0 Å². The van der Waals surface area contributed by atoms with Crippen LogP contribution < -0.4 is 5.46 Å². The minimum Gasteiger partial charge on any atom is -0.275 e. The van der Waals surface area contributed by atoms with E-state index in [1.165, 1.54) is 16.6 Å². The van der Waals surface area contributed by atoms with Crippen LogP contribution in [0.2, 0.25) is 0 Å². The minimum atomic E-state index is 0.830. The van der Waals surface area contributed by atoms with Crippen LogP contribution in [0, 0.1) is 0 Å². The van der Waals surface area contributed by atoms with Crippen LogP contribution in [0.25, 0.3) is 39.6 Å². The second-order valence-corrected chi connectivity index (χ2v) is 7.33. The molecule has 0 bridgehead atoms. The first-order valence-corrected chi connectivity index (χ1v) is 10.0. The zero-order chi connectivity index (χ0) is 20.3. The summed E-state index contributed by atoms with van der Waals surface area (Å²) < 4.78 is 2.13.